The number of nitrogens with one attached hydrogen (secondary N) is 1. The lowest BCUT2D eigenvalue weighted by Gasteiger charge is -2.22. The van der Waals surface area contributed by atoms with Gasteiger partial charge in [-0.25, -0.2) is 0 Å². The van der Waals surface area contributed by atoms with E-state index in [0.29, 0.717) is 0 Å². The summed E-state index contributed by atoms with van der Waals surface area (Å²) in [4.78, 5) is 15.3. The van der Waals surface area contributed by atoms with Gasteiger partial charge in [0.2, 0.25) is 5.91 Å². The SMILES string of the molecule is CCN(CC)CCN(C)CCNC(C)=O. The molecular weight excluding hydrogens is 190 g/mol. The van der Waals surface area contributed by atoms with Gasteiger partial charge in [0.1, 0.15) is 0 Å². The lowest BCUT2D eigenvalue weighted by Crippen LogP contribution is -2.37. The Bertz CT molecular complexity index is 169. The van der Waals surface area contributed by atoms with Crippen LogP contribution >= 0.6 is 0 Å². The van der Waals surface area contributed by atoms with E-state index in [1.54, 1.807) is 6.92 Å². The average molecular weight is 215 g/mol. The smallest absolute Gasteiger partial charge is 0.216 e. The Labute approximate surface area is 93.6 Å². The van der Waals surface area contributed by atoms with Crippen LogP contribution in [0.1, 0.15) is 20.8 Å². The standard InChI is InChI=1S/C11H25N3O/c1-5-14(6-2)10-9-13(4)8-7-12-11(3)15/h5-10H2,1-4H3,(H,12,15). The van der Waals surface area contributed by atoms with Crippen molar-refractivity contribution in [3.63, 3.8) is 0 Å². The van der Waals surface area contributed by atoms with Gasteiger partial charge in [0.25, 0.3) is 0 Å². The van der Waals surface area contributed by atoms with Gasteiger partial charge in [-0.15, -0.1) is 0 Å². The predicted molar refractivity (Wildman–Crippen MR) is 64.0 cm³/mol. The lowest BCUT2D eigenvalue weighted by atomic mass is 10.4. The number of amides is 1. The Morgan fingerprint density at radius 3 is 2.20 bits per heavy atom. The monoisotopic (exact) mass is 215 g/mol. The molecule has 0 aromatic carbocycles. The summed E-state index contributed by atoms with van der Waals surface area (Å²) in [5, 5.41) is 2.80. The van der Waals surface area contributed by atoms with Gasteiger partial charge in [-0.2, -0.15) is 0 Å². The van der Waals surface area contributed by atoms with Crippen molar-refractivity contribution < 1.29 is 4.79 Å². The fourth-order valence-corrected chi connectivity index (χ4v) is 1.39. The van der Waals surface area contributed by atoms with Gasteiger partial charge in [0, 0.05) is 33.1 Å². The molecule has 0 saturated heterocycles. The minimum Gasteiger partial charge on any atom is -0.355 e. The van der Waals surface area contributed by atoms with Crippen molar-refractivity contribution in [1.29, 1.82) is 0 Å². The Balaban J connectivity index is 3.47. The van der Waals surface area contributed by atoms with Crippen LogP contribution in [0, 0.1) is 0 Å². The molecule has 0 fully saturated rings. The molecule has 0 rings (SSSR count). The maximum Gasteiger partial charge on any atom is 0.216 e. The molecule has 0 heterocycles. The second-order valence-corrected chi connectivity index (χ2v) is 3.81. The third kappa shape index (κ3) is 8.39. The first-order valence-corrected chi connectivity index (χ1v) is 5.75. The van der Waals surface area contributed by atoms with E-state index in [9.17, 15) is 4.79 Å². The molecule has 0 aliphatic heterocycles. The first kappa shape index (κ1) is 14.4. The zero-order valence-corrected chi connectivity index (χ0v) is 10.5. The van der Waals surface area contributed by atoms with Crippen LogP contribution in [0.3, 0.4) is 0 Å². The van der Waals surface area contributed by atoms with Crippen LogP contribution in [0.5, 0.6) is 0 Å². The predicted octanol–water partition coefficient (Wildman–Crippen LogP) is 0.396. The van der Waals surface area contributed by atoms with E-state index in [2.05, 4.69) is 36.0 Å². The van der Waals surface area contributed by atoms with E-state index < -0.39 is 0 Å². The first-order valence-electron chi connectivity index (χ1n) is 5.75. The average Bonchev–Trinajstić information content (AvgIpc) is 2.18. The number of rotatable bonds is 8. The van der Waals surface area contributed by atoms with E-state index in [-0.39, 0.29) is 5.91 Å². The van der Waals surface area contributed by atoms with Crippen LogP contribution in [0.2, 0.25) is 0 Å². The summed E-state index contributed by atoms with van der Waals surface area (Å²) in [6, 6.07) is 0. The number of carbonyl (C=O) groups excluding carboxylic acids is 1. The number of carbonyl (C=O) groups is 1. The van der Waals surface area contributed by atoms with E-state index in [0.717, 1.165) is 39.3 Å². The zero-order chi connectivity index (χ0) is 11.7. The summed E-state index contributed by atoms with van der Waals surface area (Å²) in [7, 11) is 2.09. The number of hydrogen-bond donors (Lipinski definition) is 1. The zero-order valence-electron chi connectivity index (χ0n) is 10.5. The van der Waals surface area contributed by atoms with Gasteiger partial charge >= 0.3 is 0 Å². The quantitative estimate of drug-likeness (QED) is 0.636. The maximum absolute atomic E-state index is 10.6. The molecule has 0 aromatic rings. The van der Waals surface area contributed by atoms with Crippen LogP contribution < -0.4 is 5.32 Å². The van der Waals surface area contributed by atoms with Gasteiger partial charge < -0.3 is 15.1 Å². The van der Waals surface area contributed by atoms with Crippen molar-refractivity contribution in [1.82, 2.24) is 15.1 Å². The topological polar surface area (TPSA) is 35.6 Å². The molecule has 90 valence electrons. The minimum atomic E-state index is 0.0483. The highest BCUT2D eigenvalue weighted by molar-refractivity contribution is 5.72. The second-order valence-electron chi connectivity index (χ2n) is 3.81. The Morgan fingerprint density at radius 2 is 1.73 bits per heavy atom. The molecule has 0 spiro atoms. The van der Waals surface area contributed by atoms with E-state index in [4.69, 9.17) is 0 Å². The van der Waals surface area contributed by atoms with E-state index in [1.807, 2.05) is 0 Å². The number of hydrogen-bond acceptors (Lipinski definition) is 3. The molecule has 0 bridgehead atoms. The van der Waals surface area contributed by atoms with Crippen LogP contribution in [0.4, 0.5) is 0 Å². The normalized spacial score (nSPS) is 11.1. The molecule has 0 saturated carbocycles. The third-order valence-corrected chi connectivity index (χ3v) is 2.56. The molecular formula is C11H25N3O. The molecule has 0 unspecified atom stereocenters. The van der Waals surface area contributed by atoms with Crippen molar-refractivity contribution in [2.24, 2.45) is 0 Å². The highest BCUT2D eigenvalue weighted by atomic mass is 16.1. The molecule has 0 aromatic heterocycles. The van der Waals surface area contributed by atoms with Gasteiger partial charge in [0.15, 0.2) is 0 Å². The van der Waals surface area contributed by atoms with Crippen molar-refractivity contribution in [2.75, 3.05) is 46.3 Å². The lowest BCUT2D eigenvalue weighted by molar-refractivity contribution is -0.119. The number of nitrogens with zero attached hydrogens (tertiary/aromatic N) is 2. The summed E-state index contributed by atoms with van der Waals surface area (Å²) in [6.45, 7) is 11.9. The molecule has 1 amide bonds. The highest BCUT2D eigenvalue weighted by Gasteiger charge is 2.02. The first-order chi connectivity index (χ1) is 7.10. The third-order valence-electron chi connectivity index (χ3n) is 2.56. The molecule has 4 heteroatoms. The number of likely N-dealkylation sites (N-methyl/N-ethyl adjacent to an activating group) is 2. The Kier molecular flexibility index (Phi) is 8.33. The van der Waals surface area contributed by atoms with Crippen LogP contribution in [0.15, 0.2) is 0 Å². The van der Waals surface area contributed by atoms with Crippen molar-refractivity contribution >= 4 is 5.91 Å². The summed E-state index contributed by atoms with van der Waals surface area (Å²) in [5.41, 5.74) is 0. The summed E-state index contributed by atoms with van der Waals surface area (Å²) >= 11 is 0. The fourth-order valence-electron chi connectivity index (χ4n) is 1.39. The molecule has 0 radical (unpaired) electrons. The largest absolute Gasteiger partial charge is 0.355 e. The van der Waals surface area contributed by atoms with E-state index >= 15 is 0 Å². The maximum atomic E-state index is 10.6. The minimum absolute atomic E-state index is 0.0483. The van der Waals surface area contributed by atoms with Crippen molar-refractivity contribution in [2.45, 2.75) is 20.8 Å². The van der Waals surface area contributed by atoms with Crippen molar-refractivity contribution in [3.8, 4) is 0 Å². The molecule has 0 atom stereocenters. The van der Waals surface area contributed by atoms with Crippen LogP contribution in [-0.4, -0.2) is 62.0 Å². The highest BCUT2D eigenvalue weighted by Crippen LogP contribution is 1.88. The summed E-state index contributed by atoms with van der Waals surface area (Å²) in [5.74, 6) is 0.0483. The molecule has 15 heavy (non-hydrogen) atoms. The Morgan fingerprint density at radius 1 is 1.13 bits per heavy atom. The van der Waals surface area contributed by atoms with E-state index in [1.165, 1.54) is 0 Å². The van der Waals surface area contributed by atoms with Crippen LogP contribution in [0.25, 0.3) is 0 Å². The van der Waals surface area contributed by atoms with Gasteiger partial charge in [0.05, 0.1) is 0 Å². The Hall–Kier alpha value is -0.610. The molecule has 1 N–H and O–H groups in total. The second kappa shape index (κ2) is 8.68. The molecule has 4 nitrogen and oxygen atoms in total. The summed E-state index contributed by atoms with van der Waals surface area (Å²) < 4.78 is 0. The van der Waals surface area contributed by atoms with Gasteiger partial charge in [-0.1, -0.05) is 13.8 Å². The molecule has 0 aliphatic rings. The van der Waals surface area contributed by atoms with Crippen LogP contribution in [-0.2, 0) is 4.79 Å². The fraction of sp³-hybridized carbons (Fsp3) is 0.909. The van der Waals surface area contributed by atoms with Crippen molar-refractivity contribution in [3.05, 3.63) is 0 Å². The summed E-state index contributed by atoms with van der Waals surface area (Å²) in [6.07, 6.45) is 0. The van der Waals surface area contributed by atoms with Gasteiger partial charge in [-0.3, -0.25) is 4.79 Å². The van der Waals surface area contributed by atoms with Gasteiger partial charge in [-0.05, 0) is 20.1 Å². The molecule has 0 aliphatic carbocycles.